The van der Waals surface area contributed by atoms with Crippen LogP contribution in [-0.2, 0) is 15.8 Å². The van der Waals surface area contributed by atoms with Crippen LogP contribution in [-0.4, -0.2) is 36.9 Å². The lowest BCUT2D eigenvalue weighted by atomic mass is 10.1. The fourth-order valence-electron chi connectivity index (χ4n) is 3.40. The fourth-order valence-corrected chi connectivity index (χ4v) is 5.86. The van der Waals surface area contributed by atoms with Gasteiger partial charge in [-0.1, -0.05) is 41.2 Å². The van der Waals surface area contributed by atoms with Gasteiger partial charge in [0.1, 0.15) is 11.9 Å². The van der Waals surface area contributed by atoms with Gasteiger partial charge < -0.3 is 4.74 Å². The highest BCUT2D eigenvalue weighted by atomic mass is 32.2. The van der Waals surface area contributed by atoms with Crippen molar-refractivity contribution in [2.24, 2.45) is 0 Å². The molecule has 148 valence electrons. The second-order valence-electron chi connectivity index (χ2n) is 7.05. The summed E-state index contributed by atoms with van der Waals surface area (Å²) in [6.07, 6.45) is 1.13. The summed E-state index contributed by atoms with van der Waals surface area (Å²) in [5.41, 5.74) is 2.56. The molecule has 0 radical (unpaired) electrons. The highest BCUT2D eigenvalue weighted by Gasteiger charge is 2.29. The van der Waals surface area contributed by atoms with Crippen LogP contribution in [0, 0.1) is 12.7 Å². The number of piperidine rings is 1. The van der Waals surface area contributed by atoms with Gasteiger partial charge in [-0.25, -0.2) is 22.1 Å². The molecule has 0 atom stereocenters. The van der Waals surface area contributed by atoms with Crippen molar-refractivity contribution in [2.45, 2.75) is 31.6 Å². The molecule has 0 N–H and O–H groups in total. The van der Waals surface area contributed by atoms with Crippen molar-refractivity contribution in [1.82, 2.24) is 9.29 Å². The van der Waals surface area contributed by atoms with E-state index < -0.39 is 10.0 Å². The zero-order valence-corrected chi connectivity index (χ0v) is 17.1. The van der Waals surface area contributed by atoms with Gasteiger partial charge in [0.15, 0.2) is 0 Å². The van der Waals surface area contributed by atoms with Gasteiger partial charge >= 0.3 is 0 Å². The van der Waals surface area contributed by atoms with Gasteiger partial charge in [0.25, 0.3) is 5.19 Å². The number of nitrogens with zero attached hydrogens (tertiary/aromatic N) is 2. The van der Waals surface area contributed by atoms with Crippen molar-refractivity contribution in [3.63, 3.8) is 0 Å². The molecule has 0 bridgehead atoms. The standard InChI is InChI=1S/C20H21FN2O3S2/c1-14-3-2-4-15(11-14)13-28(24,25)23-9-7-17(8-10-23)26-20-22-18-6-5-16(21)12-19(18)27-20/h2-6,11-12,17H,7-10,13H2,1H3. The minimum absolute atomic E-state index is 0.0175. The van der Waals surface area contributed by atoms with Crippen molar-refractivity contribution in [2.75, 3.05) is 13.1 Å². The summed E-state index contributed by atoms with van der Waals surface area (Å²) >= 11 is 1.31. The molecule has 0 aliphatic carbocycles. The molecule has 0 amide bonds. The number of halogens is 1. The Morgan fingerprint density at radius 1 is 1.21 bits per heavy atom. The second-order valence-corrected chi connectivity index (χ2v) is 10.0. The number of aryl methyl sites for hydroxylation is 1. The average molecular weight is 421 g/mol. The zero-order chi connectivity index (χ0) is 19.7. The van der Waals surface area contributed by atoms with Gasteiger partial charge in [0, 0.05) is 13.1 Å². The molecule has 1 saturated heterocycles. The molecule has 2 heterocycles. The summed E-state index contributed by atoms with van der Waals surface area (Å²) < 4.78 is 47.0. The molecule has 2 aromatic carbocycles. The van der Waals surface area contributed by atoms with Gasteiger partial charge in [0.05, 0.1) is 16.0 Å². The van der Waals surface area contributed by atoms with Crippen molar-refractivity contribution in [3.8, 4) is 5.19 Å². The van der Waals surface area contributed by atoms with Crippen LogP contribution in [0.15, 0.2) is 42.5 Å². The lowest BCUT2D eigenvalue weighted by molar-refractivity contribution is 0.135. The van der Waals surface area contributed by atoms with Gasteiger partial charge in [-0.2, -0.15) is 0 Å². The molecule has 1 aliphatic rings. The van der Waals surface area contributed by atoms with Crippen LogP contribution in [0.1, 0.15) is 24.0 Å². The first-order chi connectivity index (χ1) is 13.4. The van der Waals surface area contributed by atoms with Gasteiger partial charge in [-0.3, -0.25) is 0 Å². The van der Waals surface area contributed by atoms with E-state index in [0.29, 0.717) is 36.6 Å². The third kappa shape index (κ3) is 4.34. The van der Waals surface area contributed by atoms with Crippen molar-refractivity contribution >= 4 is 31.6 Å². The Hall–Kier alpha value is -2.03. The van der Waals surface area contributed by atoms with Gasteiger partial charge in [0.2, 0.25) is 10.0 Å². The number of thiazole rings is 1. The van der Waals surface area contributed by atoms with E-state index in [1.165, 1.54) is 23.5 Å². The van der Waals surface area contributed by atoms with Gasteiger partial charge in [-0.05, 0) is 43.5 Å². The van der Waals surface area contributed by atoms with Crippen molar-refractivity contribution in [1.29, 1.82) is 0 Å². The molecule has 0 spiro atoms. The highest BCUT2D eigenvalue weighted by molar-refractivity contribution is 7.88. The van der Waals surface area contributed by atoms with Crippen LogP contribution >= 0.6 is 11.3 Å². The third-order valence-electron chi connectivity index (χ3n) is 4.82. The minimum Gasteiger partial charge on any atom is -0.467 e. The number of fused-ring (bicyclic) bond motifs is 1. The number of ether oxygens (including phenoxy) is 1. The lowest BCUT2D eigenvalue weighted by Gasteiger charge is -2.30. The van der Waals surface area contributed by atoms with Gasteiger partial charge in [-0.15, -0.1) is 0 Å². The largest absolute Gasteiger partial charge is 0.467 e. The minimum atomic E-state index is -3.35. The Balaban J connectivity index is 1.37. The number of hydrogen-bond acceptors (Lipinski definition) is 5. The van der Waals surface area contributed by atoms with Crippen LogP contribution in [0.3, 0.4) is 0 Å². The lowest BCUT2D eigenvalue weighted by Crippen LogP contribution is -2.42. The quantitative estimate of drug-likeness (QED) is 0.623. The molecule has 0 unspecified atom stereocenters. The molecule has 0 saturated carbocycles. The van der Waals surface area contributed by atoms with E-state index in [1.54, 1.807) is 10.4 Å². The van der Waals surface area contributed by atoms with Crippen LogP contribution in [0.4, 0.5) is 4.39 Å². The molecule has 5 nitrogen and oxygen atoms in total. The average Bonchev–Trinajstić information content (AvgIpc) is 3.03. The maximum atomic E-state index is 13.3. The topological polar surface area (TPSA) is 59.5 Å². The number of sulfonamides is 1. The predicted octanol–water partition coefficient (Wildman–Crippen LogP) is 4.12. The van der Waals surface area contributed by atoms with Crippen LogP contribution in [0.2, 0.25) is 0 Å². The van der Waals surface area contributed by atoms with E-state index in [9.17, 15) is 12.8 Å². The predicted molar refractivity (Wildman–Crippen MR) is 109 cm³/mol. The summed E-state index contributed by atoms with van der Waals surface area (Å²) in [7, 11) is -3.35. The summed E-state index contributed by atoms with van der Waals surface area (Å²) in [4.78, 5) is 4.38. The Labute approximate surface area is 167 Å². The molecule has 1 fully saturated rings. The first-order valence-corrected chi connectivity index (χ1v) is 11.6. The SMILES string of the molecule is Cc1cccc(CS(=O)(=O)N2CCC(Oc3nc4ccc(F)cc4s3)CC2)c1. The molecular formula is C20H21FN2O3S2. The Morgan fingerprint density at radius 2 is 2.00 bits per heavy atom. The first-order valence-electron chi connectivity index (χ1n) is 9.15. The molecule has 8 heteroatoms. The Bertz CT molecular complexity index is 1090. The van der Waals surface area contributed by atoms with Crippen LogP contribution < -0.4 is 4.74 Å². The van der Waals surface area contributed by atoms with Crippen LogP contribution in [0.5, 0.6) is 5.19 Å². The summed E-state index contributed by atoms with van der Waals surface area (Å²) in [5.74, 6) is -0.279. The Morgan fingerprint density at radius 3 is 2.75 bits per heavy atom. The molecular weight excluding hydrogens is 399 g/mol. The van der Waals surface area contributed by atoms with E-state index >= 15 is 0 Å². The number of hydrogen-bond donors (Lipinski definition) is 0. The molecule has 1 aliphatic heterocycles. The fraction of sp³-hybridized carbons (Fsp3) is 0.350. The normalized spacial score (nSPS) is 16.5. The number of benzene rings is 2. The summed E-state index contributed by atoms with van der Waals surface area (Å²) in [6.45, 7) is 2.81. The van der Waals surface area contributed by atoms with Crippen molar-refractivity contribution in [3.05, 3.63) is 59.4 Å². The zero-order valence-electron chi connectivity index (χ0n) is 15.5. The summed E-state index contributed by atoms with van der Waals surface area (Å²) in [5, 5.41) is 0.502. The number of aromatic nitrogens is 1. The highest BCUT2D eigenvalue weighted by Crippen LogP contribution is 2.30. The third-order valence-corrected chi connectivity index (χ3v) is 7.58. The van der Waals surface area contributed by atoms with E-state index in [2.05, 4.69) is 4.98 Å². The number of rotatable bonds is 5. The van der Waals surface area contributed by atoms with E-state index in [4.69, 9.17) is 4.74 Å². The van der Waals surface area contributed by atoms with E-state index in [1.807, 2.05) is 31.2 Å². The maximum Gasteiger partial charge on any atom is 0.274 e. The maximum absolute atomic E-state index is 13.3. The molecule has 3 aromatic rings. The second kappa shape index (κ2) is 7.77. The monoisotopic (exact) mass is 420 g/mol. The smallest absolute Gasteiger partial charge is 0.274 e. The Kier molecular flexibility index (Phi) is 5.35. The van der Waals surface area contributed by atoms with E-state index in [0.717, 1.165) is 15.8 Å². The molecule has 4 rings (SSSR count). The van der Waals surface area contributed by atoms with Crippen LogP contribution in [0.25, 0.3) is 10.2 Å². The molecule has 28 heavy (non-hydrogen) atoms. The summed E-state index contributed by atoms with van der Waals surface area (Å²) in [6, 6.07) is 12.0. The molecule has 1 aromatic heterocycles. The van der Waals surface area contributed by atoms with E-state index in [-0.39, 0.29) is 17.7 Å². The van der Waals surface area contributed by atoms with Crippen molar-refractivity contribution < 1.29 is 17.5 Å². The first kappa shape index (κ1) is 19.3.